The molecule has 2 heterocycles. The number of aromatic nitrogens is 3. The molecule has 0 aliphatic carbocycles. The van der Waals surface area contributed by atoms with Gasteiger partial charge in [0.1, 0.15) is 10.7 Å². The zero-order chi connectivity index (χ0) is 15.0. The zero-order valence-electron chi connectivity index (χ0n) is 11.7. The molecule has 2 aromatic heterocycles. The van der Waals surface area contributed by atoms with E-state index in [1.165, 1.54) is 0 Å². The van der Waals surface area contributed by atoms with Crippen molar-refractivity contribution in [1.82, 2.24) is 20.1 Å². The molecule has 0 spiro atoms. The van der Waals surface area contributed by atoms with Crippen LogP contribution in [0.15, 0.2) is 0 Å². The number of carbonyl (C=O) groups is 1. The van der Waals surface area contributed by atoms with Gasteiger partial charge < -0.3 is 10.6 Å². The van der Waals surface area contributed by atoms with Gasteiger partial charge in [-0.05, 0) is 20.8 Å². The summed E-state index contributed by atoms with van der Waals surface area (Å²) in [7, 11) is 1.70. The minimum atomic E-state index is -0.267. The van der Waals surface area contributed by atoms with Gasteiger partial charge in [0.05, 0.1) is 16.7 Å². The molecule has 1 atom stereocenters. The predicted molar refractivity (Wildman–Crippen MR) is 80.1 cm³/mol. The number of hydrogen-bond acceptors (Lipinski definition) is 5. The number of rotatable bonds is 3. The summed E-state index contributed by atoms with van der Waals surface area (Å²) in [5.41, 5.74) is 6.63. The SMILES string of the molecule is Cc1nc([C@@H](C)N(C)C(=O)c2[nH]nc(N)c2Cl)c(C)s1. The molecule has 1 amide bonds. The van der Waals surface area contributed by atoms with Crippen LogP contribution >= 0.6 is 22.9 Å². The topological polar surface area (TPSA) is 87.9 Å². The number of amides is 1. The van der Waals surface area contributed by atoms with E-state index < -0.39 is 0 Å². The summed E-state index contributed by atoms with van der Waals surface area (Å²) in [6, 6.07) is -0.159. The van der Waals surface area contributed by atoms with Crippen molar-refractivity contribution in [2.45, 2.75) is 26.8 Å². The van der Waals surface area contributed by atoms with Gasteiger partial charge in [0.2, 0.25) is 0 Å². The Morgan fingerprint density at radius 1 is 1.50 bits per heavy atom. The normalized spacial score (nSPS) is 12.4. The van der Waals surface area contributed by atoms with Crippen molar-refractivity contribution in [3.8, 4) is 0 Å². The molecule has 0 radical (unpaired) electrons. The lowest BCUT2D eigenvalue weighted by Crippen LogP contribution is -2.30. The van der Waals surface area contributed by atoms with Gasteiger partial charge >= 0.3 is 0 Å². The van der Waals surface area contributed by atoms with Crippen LogP contribution < -0.4 is 5.73 Å². The third-order valence-corrected chi connectivity index (χ3v) is 4.47. The number of carbonyl (C=O) groups excluding carboxylic acids is 1. The molecule has 20 heavy (non-hydrogen) atoms. The second-order valence-corrected chi connectivity index (χ2v) is 6.35. The van der Waals surface area contributed by atoms with Crippen LogP contribution in [0.25, 0.3) is 0 Å². The number of aromatic amines is 1. The minimum absolute atomic E-state index is 0.122. The molecule has 0 bridgehead atoms. The number of halogens is 1. The highest BCUT2D eigenvalue weighted by molar-refractivity contribution is 7.11. The van der Waals surface area contributed by atoms with Crippen molar-refractivity contribution in [2.24, 2.45) is 0 Å². The van der Waals surface area contributed by atoms with Crippen LogP contribution in [0, 0.1) is 13.8 Å². The van der Waals surface area contributed by atoms with Crippen LogP contribution in [0.2, 0.25) is 5.02 Å². The summed E-state index contributed by atoms with van der Waals surface area (Å²) in [6.07, 6.45) is 0. The van der Waals surface area contributed by atoms with Crippen molar-refractivity contribution in [3.63, 3.8) is 0 Å². The molecule has 0 aromatic carbocycles. The second-order valence-electron chi connectivity index (χ2n) is 4.56. The Morgan fingerprint density at radius 3 is 2.60 bits per heavy atom. The van der Waals surface area contributed by atoms with E-state index in [1.54, 1.807) is 23.3 Å². The first-order chi connectivity index (χ1) is 9.32. The van der Waals surface area contributed by atoms with Gasteiger partial charge in [-0.1, -0.05) is 11.6 Å². The molecule has 8 heteroatoms. The van der Waals surface area contributed by atoms with Crippen molar-refractivity contribution < 1.29 is 4.79 Å². The molecule has 0 fully saturated rings. The molecular weight excluding hydrogens is 298 g/mol. The summed E-state index contributed by atoms with van der Waals surface area (Å²) >= 11 is 7.57. The van der Waals surface area contributed by atoms with E-state index in [0.29, 0.717) is 0 Å². The fourth-order valence-electron chi connectivity index (χ4n) is 1.95. The number of thiazole rings is 1. The lowest BCUT2D eigenvalue weighted by atomic mass is 10.2. The molecule has 2 rings (SSSR count). The van der Waals surface area contributed by atoms with Crippen molar-refractivity contribution in [1.29, 1.82) is 0 Å². The Kier molecular flexibility index (Phi) is 4.01. The van der Waals surface area contributed by atoms with E-state index in [0.717, 1.165) is 15.6 Å². The highest BCUT2D eigenvalue weighted by Crippen LogP contribution is 2.28. The van der Waals surface area contributed by atoms with E-state index in [2.05, 4.69) is 15.2 Å². The number of aryl methyl sites for hydroxylation is 2. The monoisotopic (exact) mass is 313 g/mol. The van der Waals surface area contributed by atoms with Gasteiger partial charge in [-0.2, -0.15) is 5.10 Å². The van der Waals surface area contributed by atoms with Crippen molar-refractivity contribution in [2.75, 3.05) is 12.8 Å². The quantitative estimate of drug-likeness (QED) is 0.911. The number of H-pyrrole nitrogens is 1. The van der Waals surface area contributed by atoms with Gasteiger partial charge in [0.25, 0.3) is 5.91 Å². The molecule has 0 saturated carbocycles. The first-order valence-electron chi connectivity index (χ1n) is 6.03. The maximum Gasteiger partial charge on any atom is 0.273 e. The summed E-state index contributed by atoms with van der Waals surface area (Å²) in [4.78, 5) is 19.5. The maximum absolute atomic E-state index is 12.4. The summed E-state index contributed by atoms with van der Waals surface area (Å²) in [5.74, 6) is -0.145. The molecule has 3 N–H and O–H groups in total. The maximum atomic E-state index is 12.4. The largest absolute Gasteiger partial charge is 0.381 e. The third-order valence-electron chi connectivity index (χ3n) is 3.18. The Bertz CT molecular complexity index is 650. The fourth-order valence-corrected chi connectivity index (χ4v) is 3.03. The number of nitrogens with two attached hydrogens (primary N) is 1. The van der Waals surface area contributed by atoms with E-state index in [9.17, 15) is 4.79 Å². The van der Waals surface area contributed by atoms with Crippen molar-refractivity contribution >= 4 is 34.7 Å². The zero-order valence-corrected chi connectivity index (χ0v) is 13.3. The van der Waals surface area contributed by atoms with Gasteiger partial charge in [-0.25, -0.2) is 4.98 Å². The average Bonchev–Trinajstić information content (AvgIpc) is 2.90. The van der Waals surface area contributed by atoms with Crippen LogP contribution in [-0.4, -0.2) is 33.0 Å². The predicted octanol–water partition coefficient (Wildman–Crippen LogP) is 2.55. The molecule has 0 saturated heterocycles. The first-order valence-corrected chi connectivity index (χ1v) is 7.22. The van der Waals surface area contributed by atoms with Gasteiger partial charge in [0, 0.05) is 11.9 Å². The highest BCUT2D eigenvalue weighted by Gasteiger charge is 2.26. The molecule has 108 valence electrons. The second kappa shape index (κ2) is 5.41. The lowest BCUT2D eigenvalue weighted by molar-refractivity contribution is 0.0734. The number of nitrogens with zero attached hydrogens (tertiary/aromatic N) is 3. The van der Waals surface area contributed by atoms with E-state index in [4.69, 9.17) is 17.3 Å². The standard InChI is InChI=1S/C12H16ClN5OS/c1-5(9-6(2)20-7(3)15-9)18(4)12(19)10-8(13)11(14)17-16-10/h5H,1-4H3,(H3,14,16,17)/t5-/m1/s1. The smallest absolute Gasteiger partial charge is 0.273 e. The van der Waals surface area contributed by atoms with Gasteiger partial charge in [0.15, 0.2) is 5.82 Å². The third kappa shape index (κ3) is 2.51. The first kappa shape index (κ1) is 14.8. The van der Waals surface area contributed by atoms with Gasteiger partial charge in [-0.3, -0.25) is 9.89 Å². The number of nitrogens with one attached hydrogen (secondary N) is 1. The Morgan fingerprint density at radius 2 is 2.15 bits per heavy atom. The summed E-state index contributed by atoms with van der Waals surface area (Å²) in [6.45, 7) is 5.87. The summed E-state index contributed by atoms with van der Waals surface area (Å²) < 4.78 is 0. The molecule has 6 nitrogen and oxygen atoms in total. The van der Waals surface area contributed by atoms with Crippen LogP contribution in [0.5, 0.6) is 0 Å². The van der Waals surface area contributed by atoms with Crippen LogP contribution in [0.1, 0.15) is 39.0 Å². The summed E-state index contributed by atoms with van der Waals surface area (Å²) in [5, 5.41) is 7.43. The molecular formula is C12H16ClN5OS. The number of anilines is 1. The fraction of sp³-hybridized carbons (Fsp3) is 0.417. The van der Waals surface area contributed by atoms with Gasteiger partial charge in [-0.15, -0.1) is 11.3 Å². The van der Waals surface area contributed by atoms with Crippen LogP contribution in [0.3, 0.4) is 0 Å². The Balaban J connectivity index is 2.27. The minimum Gasteiger partial charge on any atom is -0.381 e. The van der Waals surface area contributed by atoms with Crippen LogP contribution in [-0.2, 0) is 0 Å². The highest BCUT2D eigenvalue weighted by atomic mass is 35.5. The molecule has 0 unspecified atom stereocenters. The number of nitrogen functional groups attached to an aromatic ring is 1. The van der Waals surface area contributed by atoms with Crippen LogP contribution in [0.4, 0.5) is 5.82 Å². The number of hydrogen-bond donors (Lipinski definition) is 2. The average molecular weight is 314 g/mol. The van der Waals surface area contributed by atoms with E-state index >= 15 is 0 Å². The van der Waals surface area contributed by atoms with Crippen molar-refractivity contribution in [3.05, 3.63) is 26.3 Å². The van der Waals surface area contributed by atoms with E-state index in [1.807, 2.05) is 20.8 Å². The molecule has 0 aliphatic rings. The Labute approximate surface area is 125 Å². The Hall–Kier alpha value is -1.60. The molecule has 0 aliphatic heterocycles. The molecule has 2 aromatic rings. The van der Waals surface area contributed by atoms with E-state index in [-0.39, 0.29) is 28.5 Å². The lowest BCUT2D eigenvalue weighted by Gasteiger charge is -2.23.